The fourth-order valence-electron chi connectivity index (χ4n) is 3.09. The van der Waals surface area contributed by atoms with Crippen LogP contribution in [-0.2, 0) is 0 Å². The molecular weight excluding hydrogens is 232 g/mol. The summed E-state index contributed by atoms with van der Waals surface area (Å²) >= 11 is 0. The van der Waals surface area contributed by atoms with Gasteiger partial charge in [0.25, 0.3) is 0 Å². The molecule has 0 aromatic heterocycles. The van der Waals surface area contributed by atoms with Gasteiger partial charge in [0.15, 0.2) is 0 Å². The third-order valence-corrected chi connectivity index (χ3v) is 4.69. The zero-order chi connectivity index (χ0) is 13.7. The predicted molar refractivity (Wildman–Crippen MR) is 82.4 cm³/mol. The van der Waals surface area contributed by atoms with E-state index in [1.807, 2.05) is 0 Å². The summed E-state index contributed by atoms with van der Waals surface area (Å²) in [6.45, 7) is 7.05. The molecule has 0 amide bonds. The molecule has 1 aromatic carbocycles. The fraction of sp³-hybridized carbons (Fsp3) is 0.647. The minimum atomic E-state index is 0.337. The Hall–Kier alpha value is -0.860. The summed E-state index contributed by atoms with van der Waals surface area (Å²) in [5.41, 5.74) is 1.82. The van der Waals surface area contributed by atoms with Gasteiger partial charge in [0.2, 0.25) is 0 Å². The Morgan fingerprint density at radius 3 is 2.37 bits per heavy atom. The van der Waals surface area contributed by atoms with Gasteiger partial charge in [-0.05, 0) is 38.8 Å². The highest BCUT2D eigenvalue weighted by molar-refractivity contribution is 5.19. The molecule has 2 nitrogen and oxygen atoms in total. The van der Waals surface area contributed by atoms with Crippen LogP contribution in [0.2, 0.25) is 0 Å². The van der Waals surface area contributed by atoms with E-state index in [1.54, 1.807) is 0 Å². The number of nitrogens with zero attached hydrogens (tertiary/aromatic N) is 1. The van der Waals surface area contributed by atoms with E-state index in [0.717, 1.165) is 0 Å². The molecule has 1 heterocycles. The summed E-state index contributed by atoms with van der Waals surface area (Å²) in [6, 6.07) is 11.6. The van der Waals surface area contributed by atoms with Gasteiger partial charge >= 0.3 is 0 Å². The Labute approximate surface area is 118 Å². The zero-order valence-corrected chi connectivity index (χ0v) is 12.7. The molecule has 1 aliphatic rings. The van der Waals surface area contributed by atoms with Gasteiger partial charge in [-0.2, -0.15) is 0 Å². The van der Waals surface area contributed by atoms with Crippen molar-refractivity contribution >= 4 is 0 Å². The monoisotopic (exact) mass is 260 g/mol. The van der Waals surface area contributed by atoms with Crippen LogP contribution in [0.3, 0.4) is 0 Å². The number of benzene rings is 1. The number of hydrogen-bond acceptors (Lipinski definition) is 2. The van der Waals surface area contributed by atoms with Gasteiger partial charge in [-0.1, -0.05) is 43.7 Å². The molecule has 1 atom stereocenters. The number of nitrogens with one attached hydrogen (secondary N) is 1. The Bertz CT molecular complexity index is 366. The van der Waals surface area contributed by atoms with Gasteiger partial charge in [-0.15, -0.1) is 0 Å². The van der Waals surface area contributed by atoms with Gasteiger partial charge in [-0.25, -0.2) is 0 Å². The molecule has 0 aliphatic carbocycles. The highest BCUT2D eigenvalue weighted by atomic mass is 15.2. The Balaban J connectivity index is 2.05. The maximum absolute atomic E-state index is 3.48. The molecule has 0 spiro atoms. The molecule has 1 N–H and O–H groups in total. The molecule has 0 bridgehead atoms. The van der Waals surface area contributed by atoms with E-state index in [1.165, 1.54) is 44.3 Å². The molecule has 106 valence electrons. The van der Waals surface area contributed by atoms with Crippen molar-refractivity contribution in [2.75, 3.05) is 20.1 Å². The van der Waals surface area contributed by atoms with Crippen LogP contribution in [0, 0.1) is 0 Å². The van der Waals surface area contributed by atoms with E-state index in [9.17, 15) is 0 Å². The van der Waals surface area contributed by atoms with Crippen molar-refractivity contribution in [2.45, 2.75) is 51.1 Å². The van der Waals surface area contributed by atoms with Crippen LogP contribution in [0.25, 0.3) is 0 Å². The number of likely N-dealkylation sites (tertiary alicyclic amines) is 1. The summed E-state index contributed by atoms with van der Waals surface area (Å²) in [7, 11) is 2.09. The van der Waals surface area contributed by atoms with Crippen LogP contribution in [0.5, 0.6) is 0 Å². The fourth-order valence-corrected chi connectivity index (χ4v) is 3.09. The number of rotatable bonds is 5. The van der Waals surface area contributed by atoms with Crippen LogP contribution in [0.4, 0.5) is 0 Å². The maximum atomic E-state index is 3.48. The number of piperidine rings is 1. The highest BCUT2D eigenvalue weighted by Crippen LogP contribution is 2.31. The smallest absolute Gasteiger partial charge is 0.0348 e. The maximum Gasteiger partial charge on any atom is 0.0348 e. The molecule has 1 unspecified atom stereocenters. The first-order valence-electron chi connectivity index (χ1n) is 7.66. The summed E-state index contributed by atoms with van der Waals surface area (Å²) in [6.07, 6.45) is 5.01. The third kappa shape index (κ3) is 3.58. The summed E-state index contributed by atoms with van der Waals surface area (Å²) in [4.78, 5) is 2.68. The minimum Gasteiger partial charge on any atom is -0.314 e. The van der Waals surface area contributed by atoms with Crippen LogP contribution < -0.4 is 5.32 Å². The second kappa shape index (κ2) is 6.53. The summed E-state index contributed by atoms with van der Waals surface area (Å²) < 4.78 is 0. The minimum absolute atomic E-state index is 0.337. The van der Waals surface area contributed by atoms with Crippen molar-refractivity contribution in [1.82, 2.24) is 10.2 Å². The Morgan fingerprint density at radius 2 is 1.84 bits per heavy atom. The Kier molecular flexibility index (Phi) is 5.00. The lowest BCUT2D eigenvalue weighted by molar-refractivity contribution is 0.105. The van der Waals surface area contributed by atoms with E-state index < -0.39 is 0 Å². The average molecular weight is 260 g/mol. The first-order chi connectivity index (χ1) is 9.18. The molecule has 1 aliphatic heterocycles. The summed E-state index contributed by atoms with van der Waals surface area (Å²) in [5, 5.41) is 3.48. The molecule has 0 saturated carbocycles. The molecule has 2 heteroatoms. The lowest BCUT2D eigenvalue weighted by atomic mass is 9.88. The highest BCUT2D eigenvalue weighted by Gasteiger charge is 2.31. The first kappa shape index (κ1) is 14.5. The second-order valence-corrected chi connectivity index (χ2v) is 6.06. The zero-order valence-electron chi connectivity index (χ0n) is 12.7. The molecule has 0 radical (unpaired) electrons. The van der Waals surface area contributed by atoms with E-state index in [0.29, 0.717) is 11.6 Å². The van der Waals surface area contributed by atoms with E-state index in [-0.39, 0.29) is 0 Å². The molecule has 1 fully saturated rings. The normalized spacial score (nSPS) is 21.2. The van der Waals surface area contributed by atoms with Crippen molar-refractivity contribution in [1.29, 1.82) is 0 Å². The summed E-state index contributed by atoms with van der Waals surface area (Å²) in [5.74, 6) is 0. The van der Waals surface area contributed by atoms with Gasteiger partial charge < -0.3 is 5.32 Å². The largest absolute Gasteiger partial charge is 0.314 e. The molecule has 1 saturated heterocycles. The van der Waals surface area contributed by atoms with Gasteiger partial charge in [-0.3, -0.25) is 4.90 Å². The van der Waals surface area contributed by atoms with Crippen LogP contribution >= 0.6 is 0 Å². The van der Waals surface area contributed by atoms with Gasteiger partial charge in [0, 0.05) is 24.7 Å². The quantitative estimate of drug-likeness (QED) is 0.870. The van der Waals surface area contributed by atoms with Crippen molar-refractivity contribution < 1.29 is 0 Å². The lowest BCUT2D eigenvalue weighted by Crippen LogP contribution is -2.50. The molecule has 19 heavy (non-hydrogen) atoms. The van der Waals surface area contributed by atoms with Gasteiger partial charge in [0.05, 0.1) is 0 Å². The molecule has 2 rings (SSSR count). The van der Waals surface area contributed by atoms with Crippen molar-refractivity contribution in [3.05, 3.63) is 35.9 Å². The van der Waals surface area contributed by atoms with Gasteiger partial charge in [0.1, 0.15) is 0 Å². The van der Waals surface area contributed by atoms with Crippen molar-refractivity contribution in [3.63, 3.8) is 0 Å². The second-order valence-electron chi connectivity index (χ2n) is 6.06. The van der Waals surface area contributed by atoms with E-state index in [2.05, 4.69) is 61.4 Å². The van der Waals surface area contributed by atoms with E-state index >= 15 is 0 Å². The third-order valence-electron chi connectivity index (χ3n) is 4.69. The average Bonchev–Trinajstić information content (AvgIpc) is 2.47. The predicted octanol–water partition coefficient (Wildman–Crippen LogP) is 3.60. The van der Waals surface area contributed by atoms with Crippen LogP contribution in [0.1, 0.15) is 51.1 Å². The van der Waals surface area contributed by atoms with E-state index in [4.69, 9.17) is 0 Å². The van der Waals surface area contributed by atoms with Crippen molar-refractivity contribution in [2.24, 2.45) is 0 Å². The standard InChI is InChI=1S/C17H28N2/c1-4-8-16(15-9-6-5-7-10-15)19-13-11-17(2,18-3)12-14-19/h5-7,9-10,16,18H,4,8,11-14H2,1-3H3. The molecular formula is C17H28N2. The molecule has 1 aromatic rings. The van der Waals surface area contributed by atoms with Crippen LogP contribution in [-0.4, -0.2) is 30.6 Å². The topological polar surface area (TPSA) is 15.3 Å². The lowest BCUT2D eigenvalue weighted by Gasteiger charge is -2.43. The number of hydrogen-bond donors (Lipinski definition) is 1. The first-order valence-corrected chi connectivity index (χ1v) is 7.66. The Morgan fingerprint density at radius 1 is 1.21 bits per heavy atom. The SMILES string of the molecule is CCCC(c1ccccc1)N1CCC(C)(NC)CC1. The van der Waals surface area contributed by atoms with Crippen molar-refractivity contribution in [3.8, 4) is 0 Å². The van der Waals surface area contributed by atoms with Crippen LogP contribution in [0.15, 0.2) is 30.3 Å².